The summed E-state index contributed by atoms with van der Waals surface area (Å²) in [6.07, 6.45) is 1.49. The minimum Gasteiger partial charge on any atom is -0.497 e. The maximum atomic E-state index is 14.2. The maximum absolute atomic E-state index is 14.2. The Labute approximate surface area is 182 Å². The summed E-state index contributed by atoms with van der Waals surface area (Å²) in [5.41, 5.74) is 0.139. The van der Waals surface area contributed by atoms with Crippen LogP contribution in [0.4, 0.5) is 8.78 Å². The van der Waals surface area contributed by atoms with Crippen LogP contribution in [0.3, 0.4) is 0 Å². The Bertz CT molecular complexity index is 1290. The van der Waals surface area contributed by atoms with Crippen LogP contribution in [0.2, 0.25) is 0 Å². The maximum Gasteiger partial charge on any atom is 0.248 e. The van der Waals surface area contributed by atoms with E-state index in [1.807, 2.05) is 0 Å². The highest BCUT2D eigenvalue weighted by atomic mass is 32.2. The average molecular weight is 467 g/mol. The highest BCUT2D eigenvalue weighted by molar-refractivity contribution is 7.91. The molecular formula is C21H20F2N2O4S2. The molecule has 0 fully saturated rings. The molecule has 0 saturated heterocycles. The second-order valence-electron chi connectivity index (χ2n) is 6.62. The van der Waals surface area contributed by atoms with Gasteiger partial charge in [-0.2, -0.15) is 4.99 Å². The molecular weight excluding hydrogens is 446 g/mol. The summed E-state index contributed by atoms with van der Waals surface area (Å²) in [4.78, 5) is 16.7. The molecule has 31 heavy (non-hydrogen) atoms. The normalized spacial score (nSPS) is 12.3. The zero-order valence-electron chi connectivity index (χ0n) is 16.7. The number of ether oxygens (including phenoxy) is 1. The first-order valence-electron chi connectivity index (χ1n) is 9.29. The van der Waals surface area contributed by atoms with Crippen LogP contribution < -0.4 is 9.54 Å². The van der Waals surface area contributed by atoms with E-state index in [4.69, 9.17) is 4.74 Å². The molecule has 3 rings (SSSR count). The number of aromatic nitrogens is 1. The van der Waals surface area contributed by atoms with Crippen molar-refractivity contribution in [1.29, 1.82) is 0 Å². The van der Waals surface area contributed by atoms with Gasteiger partial charge in [0.25, 0.3) is 0 Å². The lowest BCUT2D eigenvalue weighted by molar-refractivity contribution is -0.118. The van der Waals surface area contributed by atoms with Gasteiger partial charge in [0.1, 0.15) is 11.6 Å². The van der Waals surface area contributed by atoms with Gasteiger partial charge in [-0.3, -0.25) is 4.79 Å². The molecule has 0 aliphatic heterocycles. The molecule has 0 atom stereocenters. The van der Waals surface area contributed by atoms with Crippen LogP contribution in [-0.2, 0) is 21.2 Å². The summed E-state index contributed by atoms with van der Waals surface area (Å²) < 4.78 is 59.4. The minimum absolute atomic E-state index is 0.0754. The van der Waals surface area contributed by atoms with Gasteiger partial charge >= 0.3 is 0 Å². The monoisotopic (exact) mass is 466 g/mol. The fourth-order valence-electron chi connectivity index (χ4n) is 2.99. The van der Waals surface area contributed by atoms with Gasteiger partial charge in [0.05, 0.1) is 28.0 Å². The molecule has 1 aromatic heterocycles. The summed E-state index contributed by atoms with van der Waals surface area (Å²) in [6, 6.07) is 7.94. The van der Waals surface area contributed by atoms with E-state index in [0.29, 0.717) is 10.4 Å². The second-order valence-corrected chi connectivity index (χ2v) is 9.74. The van der Waals surface area contributed by atoms with E-state index in [-0.39, 0.29) is 40.4 Å². The lowest BCUT2D eigenvalue weighted by atomic mass is 10.3. The Balaban J connectivity index is 1.76. The smallest absolute Gasteiger partial charge is 0.248 e. The molecule has 6 nitrogen and oxygen atoms in total. The SMILES string of the molecule is C=CCn1c(=NC(=O)CCCS(=O)(=O)c2ccc(OC)cc2)sc2cc(F)cc(F)c21. The van der Waals surface area contributed by atoms with Crippen molar-refractivity contribution in [2.75, 3.05) is 12.9 Å². The van der Waals surface area contributed by atoms with Crippen LogP contribution >= 0.6 is 11.3 Å². The van der Waals surface area contributed by atoms with Crippen molar-refractivity contribution in [1.82, 2.24) is 4.57 Å². The number of nitrogens with zero attached hydrogens (tertiary/aromatic N) is 2. The van der Waals surface area contributed by atoms with E-state index in [9.17, 15) is 22.0 Å². The van der Waals surface area contributed by atoms with Gasteiger partial charge in [0.2, 0.25) is 5.91 Å². The standard InChI is InChI=1S/C21H20F2N2O4S2/c1-3-10-25-20-17(23)12-14(22)13-18(20)30-21(25)24-19(26)5-4-11-31(27,28)16-8-6-15(29-2)7-9-16/h3,6-9,12-13H,1,4-5,10-11H2,2H3. The van der Waals surface area contributed by atoms with E-state index in [1.54, 1.807) is 12.1 Å². The first-order valence-corrected chi connectivity index (χ1v) is 11.8. The summed E-state index contributed by atoms with van der Waals surface area (Å²) in [7, 11) is -2.07. The Morgan fingerprint density at radius 2 is 1.97 bits per heavy atom. The van der Waals surface area contributed by atoms with Crippen molar-refractivity contribution in [3.8, 4) is 5.75 Å². The number of rotatable bonds is 8. The Morgan fingerprint density at radius 3 is 2.61 bits per heavy atom. The largest absolute Gasteiger partial charge is 0.497 e. The molecule has 0 bridgehead atoms. The third-order valence-electron chi connectivity index (χ3n) is 4.45. The number of carbonyl (C=O) groups is 1. The topological polar surface area (TPSA) is 77.7 Å². The third-order valence-corrected chi connectivity index (χ3v) is 7.29. The van der Waals surface area contributed by atoms with E-state index in [1.165, 1.54) is 36.0 Å². The average Bonchev–Trinajstić information content (AvgIpc) is 3.05. The van der Waals surface area contributed by atoms with E-state index < -0.39 is 27.4 Å². The molecule has 0 N–H and O–H groups in total. The number of benzene rings is 2. The number of allylic oxidation sites excluding steroid dienone is 1. The van der Waals surface area contributed by atoms with Crippen molar-refractivity contribution < 1.29 is 26.7 Å². The third kappa shape index (κ3) is 5.26. The molecule has 1 heterocycles. The molecule has 1 amide bonds. The number of methoxy groups -OCH3 is 1. The van der Waals surface area contributed by atoms with Crippen LogP contribution in [0.5, 0.6) is 5.75 Å². The molecule has 3 aromatic rings. The summed E-state index contributed by atoms with van der Waals surface area (Å²) in [6.45, 7) is 3.79. The molecule has 10 heteroatoms. The number of amides is 1. The van der Waals surface area contributed by atoms with Crippen LogP contribution in [0, 0.1) is 11.6 Å². The first-order chi connectivity index (χ1) is 14.7. The van der Waals surface area contributed by atoms with Gasteiger partial charge in [0.15, 0.2) is 20.5 Å². The van der Waals surface area contributed by atoms with Gasteiger partial charge in [-0.25, -0.2) is 17.2 Å². The summed E-state index contributed by atoms with van der Waals surface area (Å²) in [5.74, 6) is -1.71. The van der Waals surface area contributed by atoms with Crippen LogP contribution in [0.1, 0.15) is 12.8 Å². The van der Waals surface area contributed by atoms with E-state index in [0.717, 1.165) is 17.4 Å². The highest BCUT2D eigenvalue weighted by Crippen LogP contribution is 2.22. The van der Waals surface area contributed by atoms with E-state index in [2.05, 4.69) is 11.6 Å². The quantitative estimate of drug-likeness (QED) is 0.473. The highest BCUT2D eigenvalue weighted by Gasteiger charge is 2.16. The van der Waals surface area contributed by atoms with Crippen LogP contribution in [-0.4, -0.2) is 31.8 Å². The first kappa shape index (κ1) is 22.8. The van der Waals surface area contributed by atoms with Crippen LogP contribution in [0.15, 0.2) is 58.9 Å². The molecule has 0 aliphatic rings. The van der Waals surface area contributed by atoms with Crippen LogP contribution in [0.25, 0.3) is 10.2 Å². The molecule has 0 spiro atoms. The van der Waals surface area contributed by atoms with Crippen molar-refractivity contribution in [2.45, 2.75) is 24.3 Å². The number of hydrogen-bond donors (Lipinski definition) is 0. The van der Waals surface area contributed by atoms with Gasteiger partial charge in [-0.15, -0.1) is 6.58 Å². The number of hydrogen-bond acceptors (Lipinski definition) is 5. The molecule has 0 radical (unpaired) electrons. The second kappa shape index (κ2) is 9.52. The van der Waals surface area contributed by atoms with E-state index >= 15 is 0 Å². The van der Waals surface area contributed by atoms with Crippen molar-refractivity contribution in [3.63, 3.8) is 0 Å². The fourth-order valence-corrected chi connectivity index (χ4v) is 5.40. The number of sulfone groups is 1. The van der Waals surface area contributed by atoms with Crippen molar-refractivity contribution >= 4 is 37.3 Å². The summed E-state index contributed by atoms with van der Waals surface area (Å²) >= 11 is 0.977. The van der Waals surface area contributed by atoms with Gasteiger partial charge in [-0.1, -0.05) is 17.4 Å². The minimum atomic E-state index is -3.56. The number of halogens is 2. The Hall–Kier alpha value is -2.85. The van der Waals surface area contributed by atoms with Crippen molar-refractivity contribution in [3.05, 3.63) is 65.5 Å². The lowest BCUT2D eigenvalue weighted by Gasteiger charge is -2.05. The molecule has 164 valence electrons. The van der Waals surface area contributed by atoms with Gasteiger partial charge in [-0.05, 0) is 36.8 Å². The number of fused-ring (bicyclic) bond motifs is 1. The zero-order valence-corrected chi connectivity index (χ0v) is 18.3. The van der Waals surface area contributed by atoms with Gasteiger partial charge in [0, 0.05) is 19.0 Å². The lowest BCUT2D eigenvalue weighted by Crippen LogP contribution is -2.17. The Kier molecular flexibility index (Phi) is 7.01. The summed E-state index contributed by atoms with van der Waals surface area (Å²) in [5, 5.41) is 0. The Morgan fingerprint density at radius 1 is 1.26 bits per heavy atom. The van der Waals surface area contributed by atoms with Gasteiger partial charge < -0.3 is 9.30 Å². The predicted molar refractivity (Wildman–Crippen MR) is 115 cm³/mol. The number of carbonyl (C=O) groups excluding carboxylic acids is 1. The molecule has 2 aromatic carbocycles. The molecule has 0 saturated carbocycles. The molecule has 0 aliphatic carbocycles. The van der Waals surface area contributed by atoms with Crippen molar-refractivity contribution in [2.24, 2.45) is 4.99 Å². The predicted octanol–water partition coefficient (Wildman–Crippen LogP) is 3.86. The number of thiazole rings is 1. The molecule has 0 unspecified atom stereocenters. The zero-order chi connectivity index (χ0) is 22.6. The fraction of sp³-hybridized carbons (Fsp3) is 0.238.